The Morgan fingerprint density at radius 1 is 1.65 bits per heavy atom. The van der Waals surface area contributed by atoms with Gasteiger partial charge in [-0.3, -0.25) is 9.59 Å². The Hall–Kier alpha value is -1.63. The van der Waals surface area contributed by atoms with Gasteiger partial charge in [0.2, 0.25) is 11.8 Å². The van der Waals surface area contributed by atoms with Gasteiger partial charge in [0.1, 0.15) is 0 Å². The lowest BCUT2D eigenvalue weighted by Crippen LogP contribution is -2.46. The lowest BCUT2D eigenvalue weighted by Gasteiger charge is -2.16. The Morgan fingerprint density at radius 3 is 2.71 bits per heavy atom. The highest BCUT2D eigenvalue weighted by Gasteiger charge is 2.34. The number of methoxy groups -OCH3 is 1. The van der Waals surface area contributed by atoms with Crippen molar-refractivity contribution in [2.24, 2.45) is 5.92 Å². The minimum atomic E-state index is -1.08. The minimum Gasteiger partial charge on any atom is -0.467 e. The fourth-order valence-electron chi connectivity index (χ4n) is 1.65. The molecule has 7 nitrogen and oxygen atoms in total. The van der Waals surface area contributed by atoms with Gasteiger partial charge in [-0.2, -0.15) is 0 Å². The third-order valence-corrected chi connectivity index (χ3v) is 2.70. The van der Waals surface area contributed by atoms with Crippen LogP contribution >= 0.6 is 0 Å². The molecule has 1 fully saturated rings. The molecule has 2 unspecified atom stereocenters. The fourth-order valence-corrected chi connectivity index (χ4v) is 1.65. The lowest BCUT2D eigenvalue weighted by molar-refractivity contribution is -0.146. The van der Waals surface area contributed by atoms with Crippen LogP contribution in [-0.4, -0.2) is 61.1 Å². The third kappa shape index (κ3) is 3.16. The Labute approximate surface area is 98.7 Å². The van der Waals surface area contributed by atoms with Crippen LogP contribution in [0.1, 0.15) is 6.42 Å². The average Bonchev–Trinajstić information content (AvgIpc) is 2.65. The highest BCUT2D eigenvalue weighted by Crippen LogP contribution is 2.16. The van der Waals surface area contributed by atoms with E-state index in [1.165, 1.54) is 12.0 Å². The van der Waals surface area contributed by atoms with Gasteiger partial charge in [-0.1, -0.05) is 0 Å². The SMILES string of the molecule is COC(=O)C(CO)NC(=O)C1CC(=O)N(C)C1. The molecule has 96 valence electrons. The summed E-state index contributed by atoms with van der Waals surface area (Å²) in [4.78, 5) is 35.6. The van der Waals surface area contributed by atoms with Crippen LogP contribution in [0.4, 0.5) is 0 Å². The van der Waals surface area contributed by atoms with Gasteiger partial charge in [0.05, 0.1) is 19.6 Å². The Morgan fingerprint density at radius 2 is 2.29 bits per heavy atom. The van der Waals surface area contributed by atoms with E-state index in [4.69, 9.17) is 5.11 Å². The summed E-state index contributed by atoms with van der Waals surface area (Å²) in [7, 11) is 2.78. The smallest absolute Gasteiger partial charge is 0.330 e. The molecule has 0 spiro atoms. The molecule has 17 heavy (non-hydrogen) atoms. The van der Waals surface area contributed by atoms with Gasteiger partial charge >= 0.3 is 5.97 Å². The van der Waals surface area contributed by atoms with Crippen LogP contribution in [0, 0.1) is 5.92 Å². The number of rotatable bonds is 4. The van der Waals surface area contributed by atoms with Crippen molar-refractivity contribution in [3.05, 3.63) is 0 Å². The number of aliphatic hydroxyl groups excluding tert-OH is 1. The van der Waals surface area contributed by atoms with E-state index in [1.54, 1.807) is 7.05 Å². The largest absolute Gasteiger partial charge is 0.467 e. The maximum absolute atomic E-state index is 11.7. The number of carbonyl (C=O) groups is 3. The van der Waals surface area contributed by atoms with Crippen LogP contribution in [0.5, 0.6) is 0 Å². The van der Waals surface area contributed by atoms with Crippen molar-refractivity contribution in [1.29, 1.82) is 0 Å². The second kappa shape index (κ2) is 5.62. The number of ether oxygens (including phenoxy) is 1. The highest BCUT2D eigenvalue weighted by atomic mass is 16.5. The molecule has 1 aliphatic heterocycles. The molecular weight excluding hydrogens is 228 g/mol. The van der Waals surface area contributed by atoms with Crippen molar-refractivity contribution in [3.8, 4) is 0 Å². The number of hydrogen-bond acceptors (Lipinski definition) is 5. The van der Waals surface area contributed by atoms with Crippen LogP contribution in [0.15, 0.2) is 0 Å². The highest BCUT2D eigenvalue weighted by molar-refractivity contribution is 5.91. The van der Waals surface area contributed by atoms with E-state index in [0.717, 1.165) is 0 Å². The summed E-state index contributed by atoms with van der Waals surface area (Å²) >= 11 is 0. The zero-order chi connectivity index (χ0) is 13.0. The Kier molecular flexibility index (Phi) is 4.45. The summed E-state index contributed by atoms with van der Waals surface area (Å²) in [5.41, 5.74) is 0. The molecule has 0 bridgehead atoms. The third-order valence-electron chi connectivity index (χ3n) is 2.70. The number of nitrogens with one attached hydrogen (secondary N) is 1. The lowest BCUT2D eigenvalue weighted by atomic mass is 10.1. The molecule has 1 saturated heterocycles. The quantitative estimate of drug-likeness (QED) is 0.564. The predicted octanol–water partition coefficient (Wildman–Crippen LogP) is -1.89. The topological polar surface area (TPSA) is 95.9 Å². The Balaban J connectivity index is 2.54. The second-order valence-electron chi connectivity index (χ2n) is 3.94. The maximum atomic E-state index is 11.7. The van der Waals surface area contributed by atoms with Crippen molar-refractivity contribution < 1.29 is 24.2 Å². The van der Waals surface area contributed by atoms with Gasteiger partial charge in [-0.05, 0) is 0 Å². The molecule has 0 aromatic heterocycles. The van der Waals surface area contributed by atoms with Crippen molar-refractivity contribution >= 4 is 17.8 Å². The maximum Gasteiger partial charge on any atom is 0.330 e. The summed E-state index contributed by atoms with van der Waals surface area (Å²) in [5, 5.41) is 11.3. The van der Waals surface area contributed by atoms with E-state index in [9.17, 15) is 14.4 Å². The van der Waals surface area contributed by atoms with Crippen LogP contribution in [-0.2, 0) is 19.1 Å². The van der Waals surface area contributed by atoms with Crippen LogP contribution in [0.25, 0.3) is 0 Å². The van der Waals surface area contributed by atoms with E-state index in [2.05, 4.69) is 10.1 Å². The van der Waals surface area contributed by atoms with Crippen LogP contribution < -0.4 is 5.32 Å². The first-order valence-electron chi connectivity index (χ1n) is 5.22. The van der Waals surface area contributed by atoms with E-state index in [-0.39, 0.29) is 12.3 Å². The first-order valence-corrected chi connectivity index (χ1v) is 5.22. The van der Waals surface area contributed by atoms with Crippen molar-refractivity contribution in [2.75, 3.05) is 27.3 Å². The summed E-state index contributed by atoms with van der Waals surface area (Å²) in [6, 6.07) is -1.08. The molecular formula is C10H16N2O5. The molecule has 2 amide bonds. The van der Waals surface area contributed by atoms with Gasteiger partial charge in [0, 0.05) is 20.0 Å². The van der Waals surface area contributed by atoms with E-state index < -0.39 is 30.4 Å². The van der Waals surface area contributed by atoms with Gasteiger partial charge in [0.15, 0.2) is 6.04 Å². The number of nitrogens with zero attached hydrogens (tertiary/aromatic N) is 1. The predicted molar refractivity (Wildman–Crippen MR) is 56.8 cm³/mol. The molecule has 0 aliphatic carbocycles. The number of carbonyl (C=O) groups excluding carboxylic acids is 3. The van der Waals surface area contributed by atoms with Gasteiger partial charge in [0.25, 0.3) is 0 Å². The molecule has 2 N–H and O–H groups in total. The Bertz CT molecular complexity index is 331. The molecule has 0 saturated carbocycles. The zero-order valence-electron chi connectivity index (χ0n) is 9.80. The standard InChI is InChI=1S/C10H16N2O5/c1-12-4-6(3-8(12)14)9(15)11-7(5-13)10(16)17-2/h6-7,13H,3-5H2,1-2H3,(H,11,15). The monoisotopic (exact) mass is 244 g/mol. The number of likely N-dealkylation sites (tertiary alicyclic amines) is 1. The van der Waals surface area contributed by atoms with E-state index >= 15 is 0 Å². The van der Waals surface area contributed by atoms with E-state index in [1.807, 2.05) is 0 Å². The fraction of sp³-hybridized carbons (Fsp3) is 0.700. The van der Waals surface area contributed by atoms with Crippen LogP contribution in [0.3, 0.4) is 0 Å². The molecule has 0 aromatic rings. The van der Waals surface area contributed by atoms with Gasteiger partial charge < -0.3 is 20.1 Å². The minimum absolute atomic E-state index is 0.108. The van der Waals surface area contributed by atoms with Crippen molar-refractivity contribution in [2.45, 2.75) is 12.5 Å². The van der Waals surface area contributed by atoms with Gasteiger partial charge in [-0.15, -0.1) is 0 Å². The first kappa shape index (κ1) is 13.4. The molecule has 7 heteroatoms. The average molecular weight is 244 g/mol. The zero-order valence-corrected chi connectivity index (χ0v) is 9.80. The van der Waals surface area contributed by atoms with E-state index in [0.29, 0.717) is 6.54 Å². The molecule has 0 aromatic carbocycles. The number of amides is 2. The number of aliphatic hydroxyl groups is 1. The summed E-state index contributed by atoms with van der Waals surface area (Å²) in [6.45, 7) is -0.209. The number of hydrogen-bond donors (Lipinski definition) is 2. The molecule has 1 rings (SSSR count). The normalized spacial score (nSPS) is 21.2. The van der Waals surface area contributed by atoms with Gasteiger partial charge in [-0.25, -0.2) is 4.79 Å². The summed E-state index contributed by atoms with van der Waals surface area (Å²) < 4.78 is 4.42. The number of esters is 1. The molecule has 1 heterocycles. The second-order valence-corrected chi connectivity index (χ2v) is 3.94. The molecule has 2 atom stereocenters. The van der Waals surface area contributed by atoms with Crippen LogP contribution in [0.2, 0.25) is 0 Å². The summed E-state index contributed by atoms with van der Waals surface area (Å²) in [5.74, 6) is -1.72. The van der Waals surface area contributed by atoms with Crippen molar-refractivity contribution in [1.82, 2.24) is 10.2 Å². The first-order chi connectivity index (χ1) is 7.99. The summed E-state index contributed by atoms with van der Waals surface area (Å²) in [6.07, 6.45) is 0.127. The molecule has 1 aliphatic rings. The molecule has 0 radical (unpaired) electrons. The van der Waals surface area contributed by atoms with Crippen molar-refractivity contribution in [3.63, 3.8) is 0 Å².